The first-order valence-electron chi connectivity index (χ1n) is 6.09. The summed E-state index contributed by atoms with van der Waals surface area (Å²) in [5.74, 6) is -0.136. The van der Waals surface area contributed by atoms with Crippen LogP contribution in [0.15, 0.2) is 54.7 Å². The lowest BCUT2D eigenvalue weighted by Crippen LogP contribution is -2.04. The van der Waals surface area contributed by atoms with Crippen molar-refractivity contribution in [3.8, 4) is 0 Å². The summed E-state index contributed by atoms with van der Waals surface area (Å²) in [7, 11) is 0. The van der Waals surface area contributed by atoms with Gasteiger partial charge in [-0.3, -0.25) is 9.78 Å². The van der Waals surface area contributed by atoms with E-state index < -0.39 is 0 Å². The molecule has 0 radical (unpaired) electrons. The second-order valence-corrected chi connectivity index (χ2v) is 4.92. The highest BCUT2D eigenvalue weighted by Gasteiger charge is 2.14. The van der Waals surface area contributed by atoms with Gasteiger partial charge in [0.25, 0.3) is 0 Å². The molecule has 0 bridgehead atoms. The van der Waals surface area contributed by atoms with Gasteiger partial charge in [-0.15, -0.1) is 0 Å². The smallest absolute Gasteiger partial charge is 0.195 e. The Morgan fingerprint density at radius 2 is 1.90 bits per heavy atom. The number of pyridine rings is 1. The molecule has 0 unspecified atom stereocenters. The van der Waals surface area contributed by atoms with Crippen LogP contribution in [-0.4, -0.2) is 10.8 Å². The van der Waals surface area contributed by atoms with Crippen molar-refractivity contribution in [3.05, 3.63) is 70.9 Å². The van der Waals surface area contributed by atoms with Crippen molar-refractivity contribution >= 4 is 34.0 Å². The fourth-order valence-corrected chi connectivity index (χ4v) is 2.43. The van der Waals surface area contributed by atoms with Gasteiger partial charge in [0.2, 0.25) is 0 Å². The zero-order chi connectivity index (χ0) is 14.1. The third-order valence-corrected chi connectivity index (χ3v) is 3.28. The van der Waals surface area contributed by atoms with E-state index in [1.54, 1.807) is 30.5 Å². The van der Waals surface area contributed by atoms with Crippen molar-refractivity contribution < 1.29 is 4.79 Å². The predicted octanol–water partition coefficient (Wildman–Crippen LogP) is 3.70. The number of nitrogens with zero attached hydrogens (tertiary/aromatic N) is 1. The summed E-state index contributed by atoms with van der Waals surface area (Å²) in [6, 6.07) is 14.1. The molecule has 1 aromatic heterocycles. The number of fused-ring (bicyclic) bond motifs is 1. The van der Waals surface area contributed by atoms with Crippen molar-refractivity contribution in [1.82, 2.24) is 4.98 Å². The zero-order valence-electron chi connectivity index (χ0n) is 10.5. The molecule has 0 saturated carbocycles. The van der Waals surface area contributed by atoms with Gasteiger partial charge in [-0.05, 0) is 30.3 Å². The Labute approximate surface area is 121 Å². The van der Waals surface area contributed by atoms with Gasteiger partial charge in [-0.1, -0.05) is 29.8 Å². The Kier molecular flexibility index (Phi) is 3.12. The number of ketones is 1. The van der Waals surface area contributed by atoms with Gasteiger partial charge in [0.15, 0.2) is 5.78 Å². The molecule has 0 saturated heterocycles. The minimum absolute atomic E-state index is 0.136. The van der Waals surface area contributed by atoms with E-state index in [1.807, 2.05) is 24.3 Å². The summed E-state index contributed by atoms with van der Waals surface area (Å²) in [6.45, 7) is 0. The topological polar surface area (TPSA) is 56.0 Å². The number of benzene rings is 2. The molecule has 98 valence electrons. The third kappa shape index (κ3) is 2.24. The van der Waals surface area contributed by atoms with Crippen molar-refractivity contribution in [2.45, 2.75) is 0 Å². The lowest BCUT2D eigenvalue weighted by molar-refractivity contribution is 0.104. The molecule has 0 atom stereocenters. The van der Waals surface area contributed by atoms with Crippen LogP contribution in [0.4, 0.5) is 5.69 Å². The second kappa shape index (κ2) is 4.94. The molecule has 4 heteroatoms. The van der Waals surface area contributed by atoms with Gasteiger partial charge in [0.1, 0.15) is 0 Å². The van der Waals surface area contributed by atoms with Crippen LogP contribution in [0.25, 0.3) is 10.9 Å². The van der Waals surface area contributed by atoms with Crippen LogP contribution in [0.5, 0.6) is 0 Å². The summed E-state index contributed by atoms with van der Waals surface area (Å²) in [5, 5.41) is 1.37. The Balaban J connectivity index is 2.17. The molecule has 0 spiro atoms. The number of aromatic nitrogens is 1. The highest BCUT2D eigenvalue weighted by Crippen LogP contribution is 2.23. The first-order chi connectivity index (χ1) is 9.65. The average Bonchev–Trinajstić information content (AvgIpc) is 2.45. The molecule has 0 aliphatic heterocycles. The van der Waals surface area contributed by atoms with Crippen molar-refractivity contribution in [2.24, 2.45) is 0 Å². The van der Waals surface area contributed by atoms with Crippen LogP contribution in [0, 0.1) is 0 Å². The number of rotatable bonds is 2. The molecule has 0 fully saturated rings. The van der Waals surface area contributed by atoms with E-state index in [1.165, 1.54) is 0 Å². The SMILES string of the molecule is Nc1cc(Cl)cc(C(=O)c2cccc3cccnc23)c1. The quantitative estimate of drug-likeness (QED) is 0.576. The molecule has 1 heterocycles. The van der Waals surface area contributed by atoms with E-state index in [2.05, 4.69) is 4.98 Å². The van der Waals surface area contributed by atoms with E-state index in [0.29, 0.717) is 27.4 Å². The van der Waals surface area contributed by atoms with Crippen molar-refractivity contribution in [3.63, 3.8) is 0 Å². The van der Waals surface area contributed by atoms with Crippen LogP contribution in [0.1, 0.15) is 15.9 Å². The number of carbonyl (C=O) groups excluding carboxylic acids is 1. The minimum atomic E-state index is -0.136. The molecule has 3 rings (SSSR count). The first kappa shape index (κ1) is 12.6. The Hall–Kier alpha value is -2.39. The molecule has 0 aliphatic carbocycles. The van der Waals surface area contributed by atoms with Crippen LogP contribution >= 0.6 is 11.6 Å². The van der Waals surface area contributed by atoms with E-state index in [4.69, 9.17) is 17.3 Å². The first-order valence-corrected chi connectivity index (χ1v) is 6.47. The van der Waals surface area contributed by atoms with E-state index in [-0.39, 0.29) is 5.78 Å². The molecule has 0 aliphatic rings. The molecule has 0 amide bonds. The number of hydrogen-bond donors (Lipinski definition) is 1. The number of anilines is 1. The fourth-order valence-electron chi connectivity index (χ4n) is 2.19. The van der Waals surface area contributed by atoms with Crippen molar-refractivity contribution in [2.75, 3.05) is 5.73 Å². The number of hydrogen-bond acceptors (Lipinski definition) is 3. The van der Waals surface area contributed by atoms with Crippen molar-refractivity contribution in [1.29, 1.82) is 0 Å². The Bertz CT molecular complexity index is 789. The van der Waals surface area contributed by atoms with E-state index in [9.17, 15) is 4.79 Å². The maximum Gasteiger partial charge on any atom is 0.195 e. The van der Waals surface area contributed by atoms with Gasteiger partial charge in [-0.25, -0.2) is 0 Å². The van der Waals surface area contributed by atoms with Gasteiger partial charge in [-0.2, -0.15) is 0 Å². The summed E-state index contributed by atoms with van der Waals surface area (Å²) >= 11 is 5.95. The summed E-state index contributed by atoms with van der Waals surface area (Å²) in [6.07, 6.45) is 1.67. The van der Waals surface area contributed by atoms with Gasteiger partial charge in [0, 0.05) is 33.4 Å². The van der Waals surface area contributed by atoms with Gasteiger partial charge in [0.05, 0.1) is 5.52 Å². The lowest BCUT2D eigenvalue weighted by Gasteiger charge is -2.06. The van der Waals surface area contributed by atoms with Crippen LogP contribution < -0.4 is 5.73 Å². The third-order valence-electron chi connectivity index (χ3n) is 3.06. The zero-order valence-corrected chi connectivity index (χ0v) is 11.3. The molecular formula is C16H11ClN2O. The van der Waals surface area contributed by atoms with Crippen LogP contribution in [0.3, 0.4) is 0 Å². The molecule has 3 nitrogen and oxygen atoms in total. The normalized spacial score (nSPS) is 10.7. The number of nitrogens with two attached hydrogens (primary N) is 1. The van der Waals surface area contributed by atoms with E-state index in [0.717, 1.165) is 5.39 Å². The van der Waals surface area contributed by atoms with Gasteiger partial charge >= 0.3 is 0 Å². The highest BCUT2D eigenvalue weighted by atomic mass is 35.5. The standard InChI is InChI=1S/C16H11ClN2O/c17-12-7-11(8-13(18)9-12)16(20)14-5-1-3-10-4-2-6-19-15(10)14/h1-9H,18H2. The molecular weight excluding hydrogens is 272 g/mol. The number of halogens is 1. The fraction of sp³-hybridized carbons (Fsp3) is 0. The number of carbonyl (C=O) groups is 1. The minimum Gasteiger partial charge on any atom is -0.399 e. The Morgan fingerprint density at radius 1 is 1.10 bits per heavy atom. The van der Waals surface area contributed by atoms with Gasteiger partial charge < -0.3 is 5.73 Å². The predicted molar refractivity (Wildman–Crippen MR) is 81.0 cm³/mol. The number of para-hydroxylation sites is 1. The highest BCUT2D eigenvalue weighted by molar-refractivity contribution is 6.31. The van der Waals surface area contributed by atoms with Crippen LogP contribution in [-0.2, 0) is 0 Å². The molecule has 2 aromatic carbocycles. The lowest BCUT2D eigenvalue weighted by atomic mass is 10.00. The largest absolute Gasteiger partial charge is 0.399 e. The molecule has 3 aromatic rings. The summed E-state index contributed by atoms with van der Waals surface area (Å²) < 4.78 is 0. The summed E-state index contributed by atoms with van der Waals surface area (Å²) in [4.78, 5) is 16.9. The monoisotopic (exact) mass is 282 g/mol. The summed E-state index contributed by atoms with van der Waals surface area (Å²) in [5.41, 5.74) is 7.89. The maximum absolute atomic E-state index is 12.6. The average molecular weight is 283 g/mol. The maximum atomic E-state index is 12.6. The van der Waals surface area contributed by atoms with Crippen LogP contribution in [0.2, 0.25) is 5.02 Å². The molecule has 20 heavy (non-hydrogen) atoms. The number of nitrogen functional groups attached to an aromatic ring is 1. The molecule has 2 N–H and O–H groups in total. The Morgan fingerprint density at radius 3 is 2.70 bits per heavy atom. The van der Waals surface area contributed by atoms with E-state index >= 15 is 0 Å². The second-order valence-electron chi connectivity index (χ2n) is 4.48.